The Morgan fingerprint density at radius 3 is 2.71 bits per heavy atom. The van der Waals surface area contributed by atoms with Gasteiger partial charge in [0.15, 0.2) is 0 Å². The summed E-state index contributed by atoms with van der Waals surface area (Å²) in [6.45, 7) is 5.32. The molecule has 0 saturated carbocycles. The Labute approximate surface area is 108 Å². The Morgan fingerprint density at radius 2 is 2.06 bits per heavy atom. The zero-order valence-corrected chi connectivity index (χ0v) is 11.2. The molecule has 1 fully saturated rings. The van der Waals surface area contributed by atoms with Gasteiger partial charge in [0.25, 0.3) is 0 Å². The number of morpholine rings is 1. The highest BCUT2D eigenvalue weighted by Crippen LogP contribution is 2.28. The van der Waals surface area contributed by atoms with Gasteiger partial charge in [0, 0.05) is 17.6 Å². The van der Waals surface area contributed by atoms with Gasteiger partial charge in [0.2, 0.25) is 0 Å². The van der Waals surface area contributed by atoms with Crippen molar-refractivity contribution in [3.63, 3.8) is 0 Å². The molecule has 2 rings (SSSR count). The second-order valence-electron chi connectivity index (χ2n) is 4.72. The van der Waals surface area contributed by atoms with Crippen molar-refractivity contribution in [2.45, 2.75) is 44.9 Å². The highest BCUT2D eigenvalue weighted by molar-refractivity contribution is 6.30. The lowest BCUT2D eigenvalue weighted by Crippen LogP contribution is -2.46. The Morgan fingerprint density at radius 1 is 1.35 bits per heavy atom. The Balaban J connectivity index is 2.09. The van der Waals surface area contributed by atoms with E-state index in [-0.39, 0.29) is 6.10 Å². The molecule has 1 aliphatic heterocycles. The van der Waals surface area contributed by atoms with Crippen molar-refractivity contribution in [2.24, 2.45) is 0 Å². The number of hydrogen-bond acceptors (Lipinski definition) is 2. The van der Waals surface area contributed by atoms with Gasteiger partial charge in [0.05, 0.1) is 12.2 Å². The molecule has 3 unspecified atom stereocenters. The average Bonchev–Trinajstić information content (AvgIpc) is 2.33. The maximum absolute atomic E-state index is 6.16. The first-order valence-corrected chi connectivity index (χ1v) is 6.72. The van der Waals surface area contributed by atoms with Crippen molar-refractivity contribution < 1.29 is 4.74 Å². The molecule has 0 amide bonds. The van der Waals surface area contributed by atoms with Crippen LogP contribution in [0.25, 0.3) is 0 Å². The monoisotopic (exact) mass is 253 g/mol. The van der Waals surface area contributed by atoms with Crippen LogP contribution < -0.4 is 5.32 Å². The molecule has 2 nitrogen and oxygen atoms in total. The molecule has 0 aliphatic carbocycles. The smallest absolute Gasteiger partial charge is 0.0979 e. The summed E-state index contributed by atoms with van der Waals surface area (Å²) in [6, 6.07) is 8.32. The quantitative estimate of drug-likeness (QED) is 0.890. The zero-order valence-electron chi connectivity index (χ0n) is 10.4. The molecule has 1 aromatic carbocycles. The summed E-state index contributed by atoms with van der Waals surface area (Å²) in [4.78, 5) is 0. The number of nitrogens with one attached hydrogen (secondary N) is 1. The summed E-state index contributed by atoms with van der Waals surface area (Å²) in [5, 5.41) is 4.30. The summed E-state index contributed by atoms with van der Waals surface area (Å²) < 4.78 is 6.16. The van der Waals surface area contributed by atoms with E-state index in [1.54, 1.807) is 0 Å². The molecule has 0 spiro atoms. The minimum absolute atomic E-state index is 0.137. The summed E-state index contributed by atoms with van der Waals surface area (Å²) in [6.07, 6.45) is 2.74. The molecule has 1 aromatic rings. The van der Waals surface area contributed by atoms with Crippen LogP contribution in [0.5, 0.6) is 0 Å². The van der Waals surface area contributed by atoms with Gasteiger partial charge in [-0.25, -0.2) is 0 Å². The fourth-order valence-corrected chi connectivity index (χ4v) is 2.44. The van der Waals surface area contributed by atoms with Crippen LogP contribution in [0.4, 0.5) is 0 Å². The fraction of sp³-hybridized carbons (Fsp3) is 0.571. The summed E-state index contributed by atoms with van der Waals surface area (Å²) in [7, 11) is 0. The first kappa shape index (κ1) is 12.9. The maximum atomic E-state index is 6.16. The predicted octanol–water partition coefficient (Wildman–Crippen LogP) is 3.56. The molecule has 1 heterocycles. The van der Waals surface area contributed by atoms with Crippen LogP contribution in [-0.4, -0.2) is 18.7 Å². The molecular weight excluding hydrogens is 234 g/mol. The van der Waals surface area contributed by atoms with E-state index < -0.39 is 0 Å². The van der Waals surface area contributed by atoms with Gasteiger partial charge in [-0.2, -0.15) is 0 Å². The minimum Gasteiger partial charge on any atom is -0.367 e. The van der Waals surface area contributed by atoms with E-state index >= 15 is 0 Å². The van der Waals surface area contributed by atoms with E-state index in [0.717, 1.165) is 24.4 Å². The van der Waals surface area contributed by atoms with Gasteiger partial charge in [-0.3, -0.25) is 0 Å². The van der Waals surface area contributed by atoms with Gasteiger partial charge in [0.1, 0.15) is 0 Å². The van der Waals surface area contributed by atoms with Gasteiger partial charge < -0.3 is 10.1 Å². The maximum Gasteiger partial charge on any atom is 0.0979 e. The average molecular weight is 254 g/mol. The lowest BCUT2D eigenvalue weighted by atomic mass is 10.00. The number of benzene rings is 1. The summed E-state index contributed by atoms with van der Waals surface area (Å²) in [5.74, 6) is 0. The zero-order chi connectivity index (χ0) is 12.3. The predicted molar refractivity (Wildman–Crippen MR) is 71.4 cm³/mol. The topological polar surface area (TPSA) is 21.3 Å². The summed E-state index contributed by atoms with van der Waals surface area (Å²) >= 11 is 5.91. The van der Waals surface area contributed by atoms with Crippen molar-refractivity contribution in [1.82, 2.24) is 5.32 Å². The van der Waals surface area contributed by atoms with Crippen LogP contribution in [0, 0.1) is 0 Å². The van der Waals surface area contributed by atoms with Crippen LogP contribution in [0.3, 0.4) is 0 Å². The molecule has 0 radical (unpaired) electrons. The van der Waals surface area contributed by atoms with E-state index in [0.29, 0.717) is 12.1 Å². The van der Waals surface area contributed by atoms with E-state index in [9.17, 15) is 0 Å². The Bertz CT molecular complexity index is 352. The van der Waals surface area contributed by atoms with E-state index in [4.69, 9.17) is 16.3 Å². The Kier molecular flexibility index (Phi) is 4.43. The lowest BCUT2D eigenvalue weighted by molar-refractivity contribution is -0.0644. The molecule has 0 bridgehead atoms. The number of halogens is 1. The van der Waals surface area contributed by atoms with E-state index in [2.05, 4.69) is 31.3 Å². The van der Waals surface area contributed by atoms with Crippen molar-refractivity contribution in [2.75, 3.05) is 6.54 Å². The van der Waals surface area contributed by atoms with Crippen molar-refractivity contribution in [3.05, 3.63) is 34.9 Å². The van der Waals surface area contributed by atoms with Crippen LogP contribution in [0.15, 0.2) is 24.3 Å². The van der Waals surface area contributed by atoms with E-state index in [1.807, 2.05) is 12.1 Å². The molecule has 1 N–H and O–H groups in total. The van der Waals surface area contributed by atoms with E-state index in [1.165, 1.54) is 5.56 Å². The molecule has 1 saturated heterocycles. The van der Waals surface area contributed by atoms with Gasteiger partial charge in [-0.05, 0) is 31.0 Å². The highest BCUT2D eigenvalue weighted by atomic mass is 35.5. The second-order valence-corrected chi connectivity index (χ2v) is 5.15. The molecule has 17 heavy (non-hydrogen) atoms. The van der Waals surface area contributed by atoms with Crippen molar-refractivity contribution in [1.29, 1.82) is 0 Å². The fourth-order valence-electron chi connectivity index (χ4n) is 2.31. The Hall–Kier alpha value is -0.570. The van der Waals surface area contributed by atoms with Gasteiger partial charge in [-0.15, -0.1) is 0 Å². The molecule has 94 valence electrons. The first-order valence-electron chi connectivity index (χ1n) is 6.35. The highest BCUT2D eigenvalue weighted by Gasteiger charge is 2.28. The second kappa shape index (κ2) is 5.85. The third-order valence-electron chi connectivity index (χ3n) is 3.27. The summed E-state index contributed by atoms with van der Waals surface area (Å²) in [5.41, 5.74) is 1.20. The van der Waals surface area contributed by atoms with Gasteiger partial charge >= 0.3 is 0 Å². The number of hydrogen-bond donors (Lipinski definition) is 1. The molecule has 3 heteroatoms. The number of rotatable bonds is 3. The molecular formula is C14H20ClNO. The van der Waals surface area contributed by atoms with Crippen molar-refractivity contribution >= 4 is 11.6 Å². The molecule has 0 aromatic heterocycles. The standard InChI is InChI=1S/C14H20ClNO/c1-3-4-13-9-16-10(2)14(17-13)11-5-7-12(15)8-6-11/h5-8,10,13-14,16H,3-4,9H2,1-2H3. The SMILES string of the molecule is CCCC1CNC(C)C(c2ccc(Cl)cc2)O1. The van der Waals surface area contributed by atoms with Crippen LogP contribution in [0.2, 0.25) is 5.02 Å². The first-order chi connectivity index (χ1) is 8.20. The largest absolute Gasteiger partial charge is 0.367 e. The van der Waals surface area contributed by atoms with Gasteiger partial charge in [-0.1, -0.05) is 37.1 Å². The van der Waals surface area contributed by atoms with Crippen LogP contribution in [0.1, 0.15) is 38.4 Å². The third kappa shape index (κ3) is 3.21. The lowest BCUT2D eigenvalue weighted by Gasteiger charge is -2.36. The third-order valence-corrected chi connectivity index (χ3v) is 3.52. The molecule has 3 atom stereocenters. The normalized spacial score (nSPS) is 29.2. The van der Waals surface area contributed by atoms with Crippen molar-refractivity contribution in [3.8, 4) is 0 Å². The van der Waals surface area contributed by atoms with Crippen LogP contribution >= 0.6 is 11.6 Å². The molecule has 1 aliphatic rings. The minimum atomic E-state index is 0.137. The van der Waals surface area contributed by atoms with Crippen LogP contribution in [-0.2, 0) is 4.74 Å². The number of ether oxygens (including phenoxy) is 1.